The van der Waals surface area contributed by atoms with Crippen molar-refractivity contribution >= 4 is 17.2 Å². The topological polar surface area (TPSA) is 50.9 Å². The zero-order chi connectivity index (χ0) is 11.1. The molecule has 0 bridgehead atoms. The van der Waals surface area contributed by atoms with Gasteiger partial charge in [-0.1, -0.05) is 25.2 Å². The lowest BCUT2D eigenvalue weighted by Crippen LogP contribution is -2.36. The molecule has 0 amide bonds. The van der Waals surface area contributed by atoms with Crippen molar-refractivity contribution in [3.05, 3.63) is 30.1 Å². The van der Waals surface area contributed by atoms with Crippen molar-refractivity contribution in [3.63, 3.8) is 0 Å². The van der Waals surface area contributed by atoms with E-state index in [1.165, 1.54) is 0 Å². The van der Waals surface area contributed by atoms with Crippen LogP contribution in [-0.2, 0) is 6.42 Å². The highest BCUT2D eigenvalue weighted by molar-refractivity contribution is 7.80. The van der Waals surface area contributed by atoms with Crippen molar-refractivity contribution in [2.45, 2.75) is 25.8 Å². The molecule has 0 aliphatic heterocycles. The number of thiocarbonyl (C=S) groups is 1. The molecule has 0 aromatic carbocycles. The molecular weight excluding hydrogens is 206 g/mol. The van der Waals surface area contributed by atoms with E-state index in [2.05, 4.69) is 17.2 Å². The monoisotopic (exact) mass is 223 g/mol. The van der Waals surface area contributed by atoms with Crippen LogP contribution in [0.2, 0.25) is 0 Å². The highest BCUT2D eigenvalue weighted by Gasteiger charge is 2.07. The summed E-state index contributed by atoms with van der Waals surface area (Å²) in [4.78, 5) is 4.80. The third kappa shape index (κ3) is 4.85. The lowest BCUT2D eigenvalue weighted by atomic mass is 10.1. The molecule has 1 atom stereocenters. The first-order valence-electron chi connectivity index (χ1n) is 5.14. The van der Waals surface area contributed by atoms with Crippen molar-refractivity contribution in [1.29, 1.82) is 0 Å². The van der Waals surface area contributed by atoms with Gasteiger partial charge in [0.1, 0.15) is 0 Å². The van der Waals surface area contributed by atoms with Crippen LogP contribution in [0.5, 0.6) is 0 Å². The summed E-state index contributed by atoms with van der Waals surface area (Å²) in [5, 5.41) is 3.31. The maximum atomic E-state index is 5.44. The van der Waals surface area contributed by atoms with E-state index in [0.29, 0.717) is 17.6 Å². The zero-order valence-corrected chi connectivity index (χ0v) is 9.76. The van der Waals surface area contributed by atoms with E-state index in [9.17, 15) is 0 Å². The molecule has 0 aliphatic rings. The van der Waals surface area contributed by atoms with Crippen LogP contribution in [0.15, 0.2) is 24.4 Å². The predicted octanol–water partition coefficient (Wildman–Crippen LogP) is 1.28. The molecule has 0 saturated heterocycles. The molecule has 3 nitrogen and oxygen atoms in total. The second-order valence-electron chi connectivity index (χ2n) is 3.48. The van der Waals surface area contributed by atoms with E-state index in [4.69, 9.17) is 18.0 Å². The lowest BCUT2D eigenvalue weighted by Gasteiger charge is -2.15. The lowest BCUT2D eigenvalue weighted by molar-refractivity contribution is 0.523. The van der Waals surface area contributed by atoms with Gasteiger partial charge in [-0.15, -0.1) is 0 Å². The molecule has 82 valence electrons. The maximum Gasteiger partial charge on any atom is 0.0867 e. The first-order chi connectivity index (χ1) is 7.22. The minimum absolute atomic E-state index is 0.390. The number of hydrogen-bond acceptors (Lipinski definition) is 3. The first-order valence-corrected chi connectivity index (χ1v) is 5.54. The number of nitrogens with two attached hydrogens (primary N) is 1. The SMILES string of the molecule is CCC(Cc1ccccn1)NCC(N)=S. The molecular formula is C11H17N3S. The Bertz CT molecular complexity index is 300. The molecule has 0 radical (unpaired) electrons. The van der Waals surface area contributed by atoms with E-state index in [1.54, 1.807) is 0 Å². The standard InChI is InChI=1S/C11H17N3S/c1-2-9(14-8-11(12)15)7-10-5-3-4-6-13-10/h3-6,9,14H,2,7-8H2,1H3,(H2,12,15). The number of rotatable bonds is 6. The van der Waals surface area contributed by atoms with Crippen LogP contribution in [0.3, 0.4) is 0 Å². The average molecular weight is 223 g/mol. The third-order valence-corrected chi connectivity index (χ3v) is 2.38. The number of aromatic nitrogens is 1. The van der Waals surface area contributed by atoms with E-state index in [-0.39, 0.29) is 0 Å². The van der Waals surface area contributed by atoms with Crippen LogP contribution in [-0.4, -0.2) is 22.6 Å². The van der Waals surface area contributed by atoms with Crippen LogP contribution < -0.4 is 11.1 Å². The van der Waals surface area contributed by atoms with Gasteiger partial charge in [-0.2, -0.15) is 0 Å². The fraction of sp³-hybridized carbons (Fsp3) is 0.455. The Morgan fingerprint density at radius 1 is 1.60 bits per heavy atom. The summed E-state index contributed by atoms with van der Waals surface area (Å²) in [6.07, 6.45) is 3.77. The smallest absolute Gasteiger partial charge is 0.0867 e. The molecule has 0 fully saturated rings. The van der Waals surface area contributed by atoms with Crippen molar-refractivity contribution in [3.8, 4) is 0 Å². The zero-order valence-electron chi connectivity index (χ0n) is 8.94. The van der Waals surface area contributed by atoms with Gasteiger partial charge < -0.3 is 11.1 Å². The Hall–Kier alpha value is -1.00. The van der Waals surface area contributed by atoms with Gasteiger partial charge >= 0.3 is 0 Å². The van der Waals surface area contributed by atoms with Gasteiger partial charge in [0.2, 0.25) is 0 Å². The summed E-state index contributed by atoms with van der Waals surface area (Å²) in [7, 11) is 0. The van der Waals surface area contributed by atoms with Crippen molar-refractivity contribution < 1.29 is 0 Å². The second kappa shape index (κ2) is 6.48. The molecule has 0 spiro atoms. The normalized spacial score (nSPS) is 12.3. The van der Waals surface area contributed by atoms with Crippen LogP contribution >= 0.6 is 12.2 Å². The van der Waals surface area contributed by atoms with Crippen LogP contribution in [0.1, 0.15) is 19.0 Å². The molecule has 1 rings (SSSR count). The van der Waals surface area contributed by atoms with E-state index < -0.39 is 0 Å². The molecule has 0 saturated carbocycles. The van der Waals surface area contributed by atoms with E-state index in [1.807, 2.05) is 24.4 Å². The van der Waals surface area contributed by atoms with Crippen molar-refractivity contribution in [2.24, 2.45) is 5.73 Å². The van der Waals surface area contributed by atoms with Crippen LogP contribution in [0.25, 0.3) is 0 Å². The number of nitrogens with one attached hydrogen (secondary N) is 1. The Balaban J connectivity index is 2.43. The Morgan fingerprint density at radius 3 is 2.93 bits per heavy atom. The third-order valence-electron chi connectivity index (χ3n) is 2.24. The molecule has 4 heteroatoms. The van der Waals surface area contributed by atoms with Crippen LogP contribution in [0.4, 0.5) is 0 Å². The second-order valence-corrected chi connectivity index (χ2v) is 4.00. The molecule has 1 aromatic heterocycles. The first kappa shape index (κ1) is 12.1. The van der Waals surface area contributed by atoms with Crippen molar-refractivity contribution in [1.82, 2.24) is 10.3 Å². The maximum absolute atomic E-state index is 5.44. The fourth-order valence-corrected chi connectivity index (χ4v) is 1.46. The quantitative estimate of drug-likeness (QED) is 0.713. The summed E-state index contributed by atoms with van der Waals surface area (Å²) in [6, 6.07) is 6.35. The minimum atomic E-state index is 0.390. The highest BCUT2D eigenvalue weighted by atomic mass is 32.1. The fourth-order valence-electron chi connectivity index (χ4n) is 1.38. The summed E-state index contributed by atoms with van der Waals surface area (Å²) >= 11 is 4.83. The van der Waals surface area contributed by atoms with E-state index >= 15 is 0 Å². The van der Waals surface area contributed by atoms with Gasteiger partial charge in [-0.05, 0) is 18.6 Å². The van der Waals surface area contributed by atoms with E-state index in [0.717, 1.165) is 18.5 Å². The molecule has 0 aliphatic carbocycles. The highest BCUT2D eigenvalue weighted by Crippen LogP contribution is 2.02. The van der Waals surface area contributed by atoms with Crippen LogP contribution in [0, 0.1) is 0 Å². The number of hydrogen-bond donors (Lipinski definition) is 2. The Labute approximate surface area is 96.1 Å². The van der Waals surface area contributed by atoms with Gasteiger partial charge in [-0.3, -0.25) is 4.98 Å². The minimum Gasteiger partial charge on any atom is -0.392 e. The van der Waals surface area contributed by atoms with Crippen molar-refractivity contribution in [2.75, 3.05) is 6.54 Å². The number of nitrogens with zero attached hydrogens (tertiary/aromatic N) is 1. The molecule has 1 heterocycles. The molecule has 1 aromatic rings. The Kier molecular flexibility index (Phi) is 5.21. The van der Waals surface area contributed by atoms with Gasteiger partial charge in [0, 0.05) is 30.9 Å². The average Bonchev–Trinajstić information content (AvgIpc) is 2.25. The molecule has 3 N–H and O–H groups in total. The summed E-state index contributed by atoms with van der Waals surface area (Å²) < 4.78 is 0. The van der Waals surface area contributed by atoms with Gasteiger partial charge in [0.15, 0.2) is 0 Å². The summed E-state index contributed by atoms with van der Waals surface area (Å²) in [6.45, 7) is 2.74. The van der Waals surface area contributed by atoms with Gasteiger partial charge in [0.25, 0.3) is 0 Å². The summed E-state index contributed by atoms with van der Waals surface area (Å²) in [5.41, 5.74) is 6.54. The number of pyridine rings is 1. The van der Waals surface area contributed by atoms with Gasteiger partial charge in [0.05, 0.1) is 4.99 Å². The Morgan fingerprint density at radius 2 is 2.40 bits per heavy atom. The van der Waals surface area contributed by atoms with Gasteiger partial charge in [-0.25, -0.2) is 0 Å². The molecule has 15 heavy (non-hydrogen) atoms. The predicted molar refractivity (Wildman–Crippen MR) is 66.8 cm³/mol. The summed E-state index contributed by atoms with van der Waals surface area (Å²) in [5.74, 6) is 0. The molecule has 1 unspecified atom stereocenters. The largest absolute Gasteiger partial charge is 0.392 e.